The van der Waals surface area contributed by atoms with E-state index in [2.05, 4.69) is 91.0 Å². The second kappa shape index (κ2) is 10.3. The molecule has 0 atom stereocenters. The summed E-state index contributed by atoms with van der Waals surface area (Å²) in [5.41, 5.74) is 0. The zero-order valence-electron chi connectivity index (χ0n) is 12.7. The largest absolute Gasteiger partial charge is 0.102 e. The molecule has 3 rings (SSSR count). The molecule has 0 aliphatic rings. The van der Waals surface area contributed by atoms with E-state index < -0.39 is 21.8 Å². The molecule has 0 aromatic heterocycles. The minimum Gasteiger partial charge on any atom is -0.0620 e. The first kappa shape index (κ1) is 20.4. The van der Waals surface area contributed by atoms with Crippen molar-refractivity contribution < 1.29 is 0 Å². The van der Waals surface area contributed by atoms with Crippen LogP contribution in [-0.2, 0) is 0 Å². The van der Waals surface area contributed by atoms with Gasteiger partial charge in [-0.05, 0) is 36.4 Å². The van der Waals surface area contributed by atoms with Gasteiger partial charge in [-0.15, -0.1) is 0 Å². The first-order chi connectivity index (χ1) is 11.4. The zero-order valence-corrected chi connectivity index (χ0v) is 19.5. The monoisotopic (exact) mass is 523 g/mol. The molecule has 0 saturated carbocycles. The first-order valence-corrected chi connectivity index (χ1v) is 23.2. The molecule has 0 amide bonds. The average molecular weight is 524 g/mol. The van der Waals surface area contributed by atoms with Crippen molar-refractivity contribution in [2.24, 2.45) is 0 Å². The summed E-state index contributed by atoms with van der Waals surface area (Å²) < 4.78 is 0. The Labute approximate surface area is 163 Å². The van der Waals surface area contributed by atoms with Gasteiger partial charge < -0.3 is 0 Å². The molecule has 0 N–H and O–H groups in total. The van der Waals surface area contributed by atoms with Crippen LogP contribution in [0.25, 0.3) is 0 Å². The van der Waals surface area contributed by atoms with E-state index in [1.54, 1.807) is 0 Å². The van der Waals surface area contributed by atoms with Gasteiger partial charge in [-0.3, -0.25) is 0 Å². The second-order valence-electron chi connectivity index (χ2n) is 4.90. The minimum atomic E-state index is -3.29. The summed E-state index contributed by atoms with van der Waals surface area (Å²) >= 11 is -3.29. The van der Waals surface area contributed by atoms with Crippen LogP contribution in [0.4, 0.5) is 0 Å². The maximum atomic E-state index is 5.04. The van der Waals surface area contributed by atoms with E-state index in [9.17, 15) is 0 Å². The molecule has 0 bridgehead atoms. The summed E-state index contributed by atoms with van der Waals surface area (Å²) in [6.07, 6.45) is 0. The Kier molecular flexibility index (Phi) is 8.70. The van der Waals surface area contributed by atoms with Gasteiger partial charge in [0.25, 0.3) is 0 Å². The molecule has 0 nitrogen and oxygen atoms in total. The zero-order chi connectivity index (χ0) is 17.4. The van der Waals surface area contributed by atoms with Crippen LogP contribution in [0.3, 0.4) is 0 Å². The Hall–Kier alpha value is 0.0487. The van der Waals surface area contributed by atoms with E-state index in [0.717, 1.165) is 0 Å². The van der Waals surface area contributed by atoms with Gasteiger partial charge in [0.1, 0.15) is 15.9 Å². The summed E-state index contributed by atoms with van der Waals surface area (Å²) in [5.74, 6) is 0. The van der Waals surface area contributed by atoms with Crippen LogP contribution in [0, 0.1) is 0 Å². The molecule has 0 fully saturated rings. The van der Waals surface area contributed by atoms with Crippen molar-refractivity contribution in [3.63, 3.8) is 0 Å². The molecule has 0 spiro atoms. The van der Waals surface area contributed by atoms with Crippen molar-refractivity contribution >= 4 is 73.4 Å². The molecule has 3 aromatic rings. The van der Waals surface area contributed by atoms with Crippen LogP contribution in [0.5, 0.6) is 0 Å². The van der Waals surface area contributed by atoms with E-state index in [4.69, 9.17) is 35.7 Å². The van der Waals surface area contributed by atoms with Gasteiger partial charge in [-0.2, -0.15) is 0 Å². The van der Waals surface area contributed by atoms with E-state index in [1.807, 2.05) is 0 Å². The normalized spacial score (nSPS) is 10.9. The fraction of sp³-hybridized carbons (Fsp3) is 0. The summed E-state index contributed by atoms with van der Waals surface area (Å²) in [4.78, 5) is 0. The molecular weight excluding hydrogens is 508 g/mol. The summed E-state index contributed by atoms with van der Waals surface area (Å²) in [5, 5.41) is 4.31. The van der Waals surface area contributed by atoms with Gasteiger partial charge in [0, 0.05) is 0 Å². The summed E-state index contributed by atoms with van der Waals surface area (Å²) in [6.45, 7) is 0. The van der Waals surface area contributed by atoms with Crippen LogP contribution in [0.2, 0.25) is 0 Å². The van der Waals surface area contributed by atoms with Crippen LogP contribution in [0.1, 0.15) is 0 Å². The molecule has 0 heterocycles. The Bertz CT molecular complexity index is 618. The van der Waals surface area contributed by atoms with Crippen molar-refractivity contribution in [3.8, 4) is 0 Å². The maximum Gasteiger partial charge on any atom is 0.102 e. The molecule has 0 aliphatic heterocycles. The van der Waals surface area contributed by atoms with Crippen LogP contribution >= 0.6 is 43.6 Å². The fourth-order valence-corrected chi connectivity index (χ4v) is 4.89. The number of hydrogen-bond donors (Lipinski definition) is 0. The van der Waals surface area contributed by atoms with E-state index in [0.29, 0.717) is 0 Å². The number of halogens is 4. The molecule has 0 aliphatic carbocycles. The summed E-state index contributed by atoms with van der Waals surface area (Å²) in [6, 6.07) is 32.5. The van der Waals surface area contributed by atoms with Gasteiger partial charge in [0.05, 0.1) is 7.92 Å². The molecular formula is C18H16Cl4PSn+. The number of hydrogen-bond acceptors (Lipinski definition) is 0. The van der Waals surface area contributed by atoms with Crippen LogP contribution < -0.4 is 15.9 Å². The SMILES string of the molecule is [Cl][Sn]([Cl])([Cl])[Cl].c1ccc([PH+](c2ccccc2)c2ccccc2)cc1. The van der Waals surface area contributed by atoms with E-state index in [1.165, 1.54) is 15.9 Å². The third-order valence-corrected chi connectivity index (χ3v) is 5.92. The Morgan fingerprint density at radius 3 is 0.875 bits per heavy atom. The van der Waals surface area contributed by atoms with Gasteiger partial charge in [0.15, 0.2) is 0 Å². The molecule has 0 saturated heterocycles. The fourth-order valence-electron chi connectivity index (χ4n) is 2.31. The Balaban J connectivity index is 0.000000368. The number of rotatable bonds is 3. The standard InChI is InChI=1S/C18H15P.4ClH.Sn/c1-4-10-16(11-5-1)19(17-12-6-2-7-13-17)18-14-8-3-9-15-18;;;;;/h1-15H;4*1H;/q;;;;;+4/p-3. The van der Waals surface area contributed by atoms with Gasteiger partial charge in [0.2, 0.25) is 0 Å². The van der Waals surface area contributed by atoms with Crippen molar-refractivity contribution in [2.75, 3.05) is 0 Å². The van der Waals surface area contributed by atoms with E-state index in [-0.39, 0.29) is 0 Å². The Morgan fingerprint density at radius 2 is 0.667 bits per heavy atom. The average Bonchev–Trinajstić information content (AvgIpc) is 2.57. The quantitative estimate of drug-likeness (QED) is 0.312. The molecule has 24 heavy (non-hydrogen) atoms. The van der Waals surface area contributed by atoms with Crippen molar-refractivity contribution in [2.45, 2.75) is 0 Å². The minimum absolute atomic E-state index is 0.877. The van der Waals surface area contributed by atoms with Gasteiger partial charge >= 0.3 is 49.6 Å². The topological polar surface area (TPSA) is 0 Å². The van der Waals surface area contributed by atoms with Crippen LogP contribution in [0.15, 0.2) is 91.0 Å². The van der Waals surface area contributed by atoms with Crippen molar-refractivity contribution in [1.82, 2.24) is 0 Å². The summed E-state index contributed by atoms with van der Waals surface area (Å²) in [7, 11) is 19.3. The molecule has 0 radical (unpaired) electrons. The second-order valence-corrected chi connectivity index (χ2v) is 32.8. The molecule has 3 aromatic carbocycles. The van der Waals surface area contributed by atoms with Crippen molar-refractivity contribution in [3.05, 3.63) is 91.0 Å². The predicted molar refractivity (Wildman–Crippen MR) is 116 cm³/mol. The maximum absolute atomic E-state index is 5.04. The first-order valence-electron chi connectivity index (χ1n) is 7.24. The molecule has 124 valence electrons. The molecule has 6 heteroatoms. The third kappa shape index (κ3) is 7.52. The van der Waals surface area contributed by atoms with Crippen LogP contribution in [-0.4, -0.2) is 13.9 Å². The third-order valence-electron chi connectivity index (χ3n) is 3.19. The number of benzene rings is 3. The molecule has 0 unspecified atom stereocenters. The van der Waals surface area contributed by atoms with Crippen molar-refractivity contribution in [1.29, 1.82) is 0 Å². The van der Waals surface area contributed by atoms with Gasteiger partial charge in [-0.25, -0.2) is 0 Å². The Morgan fingerprint density at radius 1 is 0.458 bits per heavy atom. The predicted octanol–water partition coefficient (Wildman–Crippen LogP) is 5.55. The smallest absolute Gasteiger partial charge is 0.0620 e. The van der Waals surface area contributed by atoms with Gasteiger partial charge in [-0.1, -0.05) is 54.6 Å². The van der Waals surface area contributed by atoms with E-state index >= 15 is 0 Å².